The third-order valence-electron chi connectivity index (χ3n) is 6.78. The van der Waals surface area contributed by atoms with Gasteiger partial charge in [-0.3, -0.25) is 14.3 Å². The average molecular weight is 545 g/mol. The highest BCUT2D eigenvalue weighted by Crippen LogP contribution is 2.46. The number of carbonyl (C=O) groups excluding carboxylic acids is 1. The molecule has 2 aromatic carbocycles. The lowest BCUT2D eigenvalue weighted by molar-refractivity contribution is -0.173. The van der Waals surface area contributed by atoms with Gasteiger partial charge in [-0.1, -0.05) is 59.6 Å². The van der Waals surface area contributed by atoms with E-state index in [9.17, 15) is 22.8 Å². The molecule has 1 aliphatic rings. The van der Waals surface area contributed by atoms with Crippen molar-refractivity contribution in [3.63, 3.8) is 0 Å². The Balaban J connectivity index is 1.51. The molecule has 0 unspecified atom stereocenters. The molecule has 12 heteroatoms. The second-order valence-corrected chi connectivity index (χ2v) is 9.63. The molecule has 2 aromatic heterocycles. The first-order valence-corrected chi connectivity index (χ1v) is 12.2. The minimum absolute atomic E-state index is 0.0266. The number of alkyl halides is 3. The van der Waals surface area contributed by atoms with Crippen LogP contribution in [0, 0.1) is 13.8 Å². The van der Waals surface area contributed by atoms with Crippen molar-refractivity contribution in [1.29, 1.82) is 0 Å². The maximum Gasteiger partial charge on any atom is 0.410 e. The Labute approximate surface area is 220 Å². The fraction of sp³-hybridized carbons (Fsp3) is 0.269. The molecular formula is C26H24ClF3N6O2. The van der Waals surface area contributed by atoms with Crippen molar-refractivity contribution in [2.75, 3.05) is 10.6 Å². The number of para-hydroxylation sites is 1. The number of hydrogen-bond donors (Lipinski definition) is 2. The van der Waals surface area contributed by atoms with Crippen molar-refractivity contribution >= 4 is 29.0 Å². The zero-order valence-electron chi connectivity index (χ0n) is 20.7. The molecule has 0 saturated heterocycles. The predicted molar refractivity (Wildman–Crippen MR) is 138 cm³/mol. The van der Waals surface area contributed by atoms with Gasteiger partial charge in [-0.25, -0.2) is 9.36 Å². The number of hydrogen-bond acceptors (Lipinski definition) is 4. The van der Waals surface area contributed by atoms with Crippen LogP contribution in [0.4, 0.5) is 24.7 Å². The van der Waals surface area contributed by atoms with E-state index in [2.05, 4.69) is 15.7 Å². The van der Waals surface area contributed by atoms with Gasteiger partial charge in [-0.15, -0.1) is 0 Å². The van der Waals surface area contributed by atoms with Crippen LogP contribution in [0.1, 0.15) is 45.8 Å². The van der Waals surface area contributed by atoms with Crippen LogP contribution in [0.15, 0.2) is 59.4 Å². The van der Waals surface area contributed by atoms with Gasteiger partial charge >= 0.3 is 6.18 Å². The van der Waals surface area contributed by atoms with E-state index in [1.54, 1.807) is 61.1 Å². The van der Waals surface area contributed by atoms with E-state index in [4.69, 9.17) is 11.6 Å². The van der Waals surface area contributed by atoms with E-state index in [1.165, 1.54) is 4.68 Å². The molecule has 38 heavy (non-hydrogen) atoms. The number of nitrogens with zero attached hydrogens (tertiary/aromatic N) is 4. The molecule has 2 N–H and O–H groups in total. The van der Waals surface area contributed by atoms with Gasteiger partial charge in [-0.05, 0) is 31.5 Å². The Morgan fingerprint density at radius 3 is 2.39 bits per heavy atom. The summed E-state index contributed by atoms with van der Waals surface area (Å²) in [5.74, 6) is -1.00. The summed E-state index contributed by atoms with van der Waals surface area (Å²) < 4.78 is 45.9. The lowest BCUT2D eigenvalue weighted by Crippen LogP contribution is -2.35. The molecule has 0 saturated carbocycles. The first-order valence-electron chi connectivity index (χ1n) is 11.8. The van der Waals surface area contributed by atoms with Gasteiger partial charge in [0.05, 0.1) is 17.4 Å². The van der Waals surface area contributed by atoms with Crippen molar-refractivity contribution in [3.05, 3.63) is 92.5 Å². The zero-order valence-corrected chi connectivity index (χ0v) is 21.4. The minimum Gasteiger partial charge on any atom is -0.362 e. The summed E-state index contributed by atoms with van der Waals surface area (Å²) in [6.45, 7) is 3.53. The van der Waals surface area contributed by atoms with Crippen LogP contribution in [-0.2, 0) is 7.05 Å². The number of benzene rings is 2. The molecule has 1 aliphatic heterocycles. The number of aryl methyl sites for hydroxylation is 1. The maximum atomic E-state index is 14.1. The molecule has 4 aromatic rings. The molecule has 0 spiro atoms. The number of fused-ring (bicyclic) bond motifs is 1. The zero-order chi connectivity index (χ0) is 27.4. The van der Waals surface area contributed by atoms with Crippen molar-refractivity contribution in [2.45, 2.75) is 38.5 Å². The number of carbonyl (C=O) groups is 1. The number of halogens is 4. The lowest BCUT2D eigenvalue weighted by Gasteiger charge is -2.33. The lowest BCUT2D eigenvalue weighted by atomic mass is 9.96. The van der Waals surface area contributed by atoms with Gasteiger partial charge in [0.25, 0.3) is 11.5 Å². The van der Waals surface area contributed by atoms with E-state index in [-0.39, 0.29) is 22.9 Å². The van der Waals surface area contributed by atoms with E-state index in [0.717, 1.165) is 5.56 Å². The molecule has 8 nitrogen and oxygen atoms in total. The number of amides is 1. The number of rotatable bonds is 4. The predicted octanol–water partition coefficient (Wildman–Crippen LogP) is 5.56. The molecule has 2 atom stereocenters. The van der Waals surface area contributed by atoms with Gasteiger partial charge in [-0.2, -0.15) is 18.3 Å². The van der Waals surface area contributed by atoms with Crippen LogP contribution >= 0.6 is 11.6 Å². The van der Waals surface area contributed by atoms with Crippen LogP contribution in [-0.4, -0.2) is 31.2 Å². The number of nitrogens with one attached hydrogen (secondary N) is 2. The highest BCUT2D eigenvalue weighted by atomic mass is 35.5. The summed E-state index contributed by atoms with van der Waals surface area (Å²) in [4.78, 5) is 26.4. The first-order chi connectivity index (χ1) is 18.0. The number of anilines is 2. The SMILES string of the molecule is Cc1ccc([C@@H]2C[C@H](C(F)(F)F)n3nc(C(=O)Nc4c(C)n(C)n(-c5ccccc5)c4=O)c(Cl)c3N2)cc1. The Morgan fingerprint density at radius 2 is 1.76 bits per heavy atom. The van der Waals surface area contributed by atoms with Crippen LogP contribution in [0.2, 0.25) is 5.02 Å². The Bertz CT molecular complexity index is 1570. The summed E-state index contributed by atoms with van der Waals surface area (Å²) in [5.41, 5.74) is 1.71. The molecule has 0 fully saturated rings. The Morgan fingerprint density at radius 1 is 1.11 bits per heavy atom. The monoisotopic (exact) mass is 544 g/mol. The fourth-order valence-electron chi connectivity index (χ4n) is 4.64. The van der Waals surface area contributed by atoms with E-state index in [0.29, 0.717) is 21.6 Å². The van der Waals surface area contributed by atoms with Gasteiger partial charge in [0.15, 0.2) is 11.7 Å². The van der Waals surface area contributed by atoms with Crippen molar-refractivity contribution < 1.29 is 18.0 Å². The highest BCUT2D eigenvalue weighted by molar-refractivity contribution is 6.36. The number of aromatic nitrogens is 4. The molecular weight excluding hydrogens is 521 g/mol. The van der Waals surface area contributed by atoms with E-state index >= 15 is 0 Å². The topological polar surface area (TPSA) is 85.9 Å². The first kappa shape index (κ1) is 25.7. The quantitative estimate of drug-likeness (QED) is 0.352. The molecule has 198 valence electrons. The molecule has 0 radical (unpaired) electrons. The standard InChI is InChI=1S/C26H24ClF3N6O2/c1-14-9-11-16(12-10-14)18-13-19(26(28,29)30)35-23(31-18)20(27)22(33-35)24(37)32-21-15(2)34(3)36(25(21)38)17-7-5-4-6-8-17/h4-12,18-19,31H,13H2,1-3H3,(H,32,37)/t18-,19+/m0/s1. The fourth-order valence-corrected chi connectivity index (χ4v) is 4.90. The van der Waals surface area contributed by atoms with Crippen molar-refractivity contribution in [1.82, 2.24) is 19.1 Å². The third-order valence-corrected chi connectivity index (χ3v) is 7.14. The van der Waals surface area contributed by atoms with Crippen LogP contribution < -0.4 is 16.2 Å². The van der Waals surface area contributed by atoms with Crippen molar-refractivity contribution in [2.24, 2.45) is 7.05 Å². The molecule has 0 aliphatic carbocycles. The van der Waals surface area contributed by atoms with Gasteiger partial charge in [0.1, 0.15) is 16.5 Å². The normalized spacial score (nSPS) is 17.1. The smallest absolute Gasteiger partial charge is 0.362 e. The second kappa shape index (κ2) is 9.39. The van der Waals surface area contributed by atoms with Crippen LogP contribution in [0.25, 0.3) is 5.69 Å². The largest absolute Gasteiger partial charge is 0.410 e. The minimum atomic E-state index is -4.64. The summed E-state index contributed by atoms with van der Waals surface area (Å²) in [5, 5.41) is 9.23. The van der Waals surface area contributed by atoms with Crippen LogP contribution in [0.5, 0.6) is 0 Å². The molecule has 3 heterocycles. The van der Waals surface area contributed by atoms with E-state index < -0.39 is 35.4 Å². The Hall–Kier alpha value is -3.99. The third kappa shape index (κ3) is 4.36. The second-order valence-electron chi connectivity index (χ2n) is 9.25. The Kier molecular flexibility index (Phi) is 6.34. The van der Waals surface area contributed by atoms with E-state index in [1.807, 2.05) is 19.1 Å². The maximum absolute atomic E-state index is 14.1. The van der Waals surface area contributed by atoms with Gasteiger partial charge in [0, 0.05) is 13.5 Å². The summed E-state index contributed by atoms with van der Waals surface area (Å²) in [7, 11) is 1.66. The summed E-state index contributed by atoms with van der Waals surface area (Å²) in [6, 6.07) is 13.3. The van der Waals surface area contributed by atoms with Crippen molar-refractivity contribution in [3.8, 4) is 5.69 Å². The summed E-state index contributed by atoms with van der Waals surface area (Å²) in [6.07, 6.45) is -4.97. The highest BCUT2D eigenvalue weighted by Gasteiger charge is 2.48. The van der Waals surface area contributed by atoms with Gasteiger partial charge in [0.2, 0.25) is 0 Å². The molecule has 0 bridgehead atoms. The van der Waals surface area contributed by atoms with Crippen LogP contribution in [0.3, 0.4) is 0 Å². The molecule has 1 amide bonds. The molecule has 5 rings (SSSR count). The average Bonchev–Trinajstić information content (AvgIpc) is 3.32. The summed E-state index contributed by atoms with van der Waals surface area (Å²) >= 11 is 6.45. The van der Waals surface area contributed by atoms with Gasteiger partial charge < -0.3 is 10.6 Å².